The summed E-state index contributed by atoms with van der Waals surface area (Å²) in [6, 6.07) is -0.930. The van der Waals surface area contributed by atoms with Crippen molar-refractivity contribution >= 4 is 5.91 Å². The van der Waals surface area contributed by atoms with Crippen LogP contribution in [0, 0.1) is 0 Å². The number of aliphatic hydroxyl groups excluding tert-OH is 8. The average molecular weight is 1270 g/mol. The molecular weight excluding hydrogens is 1120 g/mol. The summed E-state index contributed by atoms with van der Waals surface area (Å²) in [4.78, 5) is 13.4. The highest BCUT2D eigenvalue weighted by atomic mass is 16.7. The molecule has 2 rings (SSSR count). The third kappa shape index (κ3) is 44.0. The van der Waals surface area contributed by atoms with Gasteiger partial charge in [0.25, 0.3) is 0 Å². The highest BCUT2D eigenvalue weighted by Crippen LogP contribution is 2.30. The van der Waals surface area contributed by atoms with Crippen LogP contribution in [0.5, 0.6) is 0 Å². The number of unbranched alkanes of at least 4 members (excludes halogenated alkanes) is 49. The smallest absolute Gasteiger partial charge is 0.220 e. The molecule has 0 aliphatic carbocycles. The van der Waals surface area contributed by atoms with E-state index in [1.807, 2.05) is 6.08 Å². The Kier molecular flexibility index (Phi) is 56.5. The summed E-state index contributed by atoms with van der Waals surface area (Å²) in [6.07, 6.45) is 59.7. The van der Waals surface area contributed by atoms with Crippen LogP contribution in [0.3, 0.4) is 0 Å². The van der Waals surface area contributed by atoms with E-state index in [4.69, 9.17) is 18.9 Å². The van der Waals surface area contributed by atoms with E-state index in [0.29, 0.717) is 12.8 Å². The highest BCUT2D eigenvalue weighted by molar-refractivity contribution is 5.76. The van der Waals surface area contributed by atoms with E-state index in [1.165, 1.54) is 289 Å². The minimum atomic E-state index is -1.79. The number of ether oxygens (including phenoxy) is 4. The van der Waals surface area contributed by atoms with Gasteiger partial charge in [-0.2, -0.15) is 0 Å². The van der Waals surface area contributed by atoms with E-state index in [0.717, 1.165) is 32.1 Å². The van der Waals surface area contributed by atoms with E-state index >= 15 is 0 Å². The molecule has 2 aliphatic rings. The van der Waals surface area contributed by atoms with Crippen molar-refractivity contribution < 1.29 is 64.6 Å². The van der Waals surface area contributed by atoms with E-state index in [9.17, 15) is 45.6 Å². The molecule has 0 radical (unpaired) electrons. The topological polar surface area (TPSA) is 228 Å². The highest BCUT2D eigenvalue weighted by Gasteiger charge is 2.51. The van der Waals surface area contributed by atoms with Crippen LogP contribution in [0.4, 0.5) is 0 Å². The lowest BCUT2D eigenvalue weighted by atomic mass is 9.97. The molecule has 2 fully saturated rings. The van der Waals surface area contributed by atoms with Gasteiger partial charge < -0.3 is 65.1 Å². The Morgan fingerprint density at radius 1 is 0.393 bits per heavy atom. The molecule has 0 aromatic carbocycles. The summed E-state index contributed by atoms with van der Waals surface area (Å²) in [5.74, 6) is -0.240. The molecular formula is C75H143NO13. The molecule has 0 aromatic rings. The second-order valence-corrected chi connectivity index (χ2v) is 27.1. The molecule has 14 heteroatoms. The summed E-state index contributed by atoms with van der Waals surface area (Å²) >= 11 is 0. The van der Waals surface area contributed by atoms with Gasteiger partial charge in [0.05, 0.1) is 32.0 Å². The molecule has 2 saturated heterocycles. The van der Waals surface area contributed by atoms with Crippen molar-refractivity contribution in [1.29, 1.82) is 0 Å². The Bertz CT molecular complexity index is 1590. The summed E-state index contributed by atoms with van der Waals surface area (Å²) in [5, 5.41) is 87.5. The predicted molar refractivity (Wildman–Crippen MR) is 365 cm³/mol. The van der Waals surface area contributed by atoms with Crippen molar-refractivity contribution in [2.45, 2.75) is 428 Å². The average Bonchev–Trinajstić information content (AvgIpc) is 1.33. The summed E-state index contributed by atoms with van der Waals surface area (Å²) in [5.41, 5.74) is 0. The zero-order valence-electron chi connectivity index (χ0n) is 57.5. The third-order valence-corrected chi connectivity index (χ3v) is 18.9. The molecule has 9 N–H and O–H groups in total. The van der Waals surface area contributed by atoms with Crippen LogP contribution in [0.1, 0.15) is 354 Å². The number of rotatable bonds is 64. The molecule has 0 saturated carbocycles. The van der Waals surface area contributed by atoms with E-state index in [1.54, 1.807) is 6.08 Å². The standard InChI is InChI=1S/C75H143NO13/c1-3-5-7-9-11-13-15-17-19-21-23-25-27-29-31-32-33-34-36-38-40-42-44-46-48-50-52-54-56-58-64(79)63(62-86-74-72(85)70(83)73(66(61-78)88-74)89-75-71(84)69(82)68(81)65(60-77)87-75)76-67(80)59-57-55-53-51-49-47-45-43-41-39-37-35-30-28-26-24-22-20-18-16-14-12-10-8-6-4-2/h48,50,56,58,63-66,68-75,77-79,81-85H,3-47,49,51-55,57,59-62H2,1-2H3,(H,76,80)/b50-48+,58-56+. The molecule has 89 heavy (non-hydrogen) atoms. The van der Waals surface area contributed by atoms with Gasteiger partial charge in [0.2, 0.25) is 5.91 Å². The first-order valence-corrected chi connectivity index (χ1v) is 38.1. The minimum Gasteiger partial charge on any atom is -0.394 e. The zero-order valence-corrected chi connectivity index (χ0v) is 57.5. The molecule has 526 valence electrons. The molecule has 12 atom stereocenters. The van der Waals surface area contributed by atoms with E-state index < -0.39 is 86.8 Å². The first-order chi connectivity index (χ1) is 43.6. The van der Waals surface area contributed by atoms with Crippen LogP contribution >= 0.6 is 0 Å². The fourth-order valence-corrected chi connectivity index (χ4v) is 12.8. The van der Waals surface area contributed by atoms with Gasteiger partial charge in [0, 0.05) is 6.42 Å². The maximum Gasteiger partial charge on any atom is 0.220 e. The van der Waals surface area contributed by atoms with Crippen molar-refractivity contribution in [2.75, 3.05) is 19.8 Å². The number of nitrogens with one attached hydrogen (secondary N) is 1. The van der Waals surface area contributed by atoms with Gasteiger partial charge in [0.15, 0.2) is 12.6 Å². The maximum atomic E-state index is 13.4. The largest absolute Gasteiger partial charge is 0.394 e. The monoisotopic (exact) mass is 1270 g/mol. The summed E-state index contributed by atoms with van der Waals surface area (Å²) < 4.78 is 22.9. The lowest BCUT2D eigenvalue weighted by Crippen LogP contribution is -2.65. The third-order valence-electron chi connectivity index (χ3n) is 18.9. The van der Waals surface area contributed by atoms with Gasteiger partial charge in [-0.25, -0.2) is 0 Å². The van der Waals surface area contributed by atoms with Crippen LogP contribution in [-0.4, -0.2) is 140 Å². The quantitative estimate of drug-likeness (QED) is 0.0204. The maximum absolute atomic E-state index is 13.4. The fraction of sp³-hybridized carbons (Fsp3) is 0.933. The number of carbonyl (C=O) groups excluding carboxylic acids is 1. The van der Waals surface area contributed by atoms with Gasteiger partial charge >= 0.3 is 0 Å². The van der Waals surface area contributed by atoms with Crippen LogP contribution in [0.2, 0.25) is 0 Å². The Hall–Kier alpha value is -1.53. The number of amides is 1. The first-order valence-electron chi connectivity index (χ1n) is 38.1. The van der Waals surface area contributed by atoms with E-state index in [2.05, 4.69) is 31.3 Å². The Labute approximate surface area is 545 Å². The van der Waals surface area contributed by atoms with Crippen LogP contribution in [0.15, 0.2) is 24.3 Å². The molecule has 0 aromatic heterocycles. The van der Waals surface area contributed by atoms with Gasteiger partial charge in [-0.3, -0.25) is 4.79 Å². The first kappa shape index (κ1) is 83.6. The second kappa shape index (κ2) is 60.2. The predicted octanol–water partition coefficient (Wildman–Crippen LogP) is 16.3. The number of hydrogen-bond donors (Lipinski definition) is 9. The lowest BCUT2D eigenvalue weighted by Gasteiger charge is -2.46. The van der Waals surface area contributed by atoms with Gasteiger partial charge in [-0.05, 0) is 32.1 Å². The minimum absolute atomic E-state index is 0.240. The molecule has 12 unspecified atom stereocenters. The second-order valence-electron chi connectivity index (χ2n) is 27.1. The fourth-order valence-electron chi connectivity index (χ4n) is 12.8. The van der Waals surface area contributed by atoms with Crippen molar-refractivity contribution in [3.05, 3.63) is 24.3 Å². The van der Waals surface area contributed by atoms with Crippen molar-refractivity contribution in [3.8, 4) is 0 Å². The van der Waals surface area contributed by atoms with Crippen molar-refractivity contribution in [1.82, 2.24) is 5.32 Å². The molecule has 14 nitrogen and oxygen atoms in total. The lowest BCUT2D eigenvalue weighted by molar-refractivity contribution is -0.359. The SMILES string of the molecule is CCCCCCCCCCCCCCCCCCCCCCCCC/C=C/CC/C=C/C(O)C(COC1OC(CO)C(OC2OC(CO)C(O)C(O)C2O)C(O)C1O)NC(=O)CCCCCCCCCCCCCCCCCCCCCCCCCCCC. The molecule has 2 aliphatic heterocycles. The Balaban J connectivity index is 1.66. The van der Waals surface area contributed by atoms with Crippen LogP contribution < -0.4 is 5.32 Å². The molecule has 0 bridgehead atoms. The van der Waals surface area contributed by atoms with Crippen LogP contribution in [0.25, 0.3) is 0 Å². The van der Waals surface area contributed by atoms with Gasteiger partial charge in [-0.15, -0.1) is 0 Å². The van der Waals surface area contributed by atoms with Crippen LogP contribution in [-0.2, 0) is 23.7 Å². The number of carbonyl (C=O) groups is 1. The molecule has 0 spiro atoms. The molecule has 2 heterocycles. The number of aliphatic hydroxyl groups is 8. The van der Waals surface area contributed by atoms with Crippen molar-refractivity contribution in [3.63, 3.8) is 0 Å². The van der Waals surface area contributed by atoms with E-state index in [-0.39, 0.29) is 18.9 Å². The van der Waals surface area contributed by atoms with Crippen molar-refractivity contribution in [2.24, 2.45) is 0 Å². The number of hydrogen-bond acceptors (Lipinski definition) is 13. The van der Waals surface area contributed by atoms with Gasteiger partial charge in [0.1, 0.15) is 48.8 Å². The Morgan fingerprint density at radius 3 is 1.10 bits per heavy atom. The summed E-state index contributed by atoms with van der Waals surface area (Å²) in [7, 11) is 0. The van der Waals surface area contributed by atoms with Gasteiger partial charge in [-0.1, -0.05) is 340 Å². The normalized spacial score (nSPS) is 23.1. The Morgan fingerprint density at radius 2 is 0.719 bits per heavy atom. The summed E-state index contributed by atoms with van der Waals surface area (Å²) in [6.45, 7) is 2.85. The zero-order chi connectivity index (χ0) is 64.5. The number of allylic oxidation sites excluding steroid dienone is 3. The molecule has 1 amide bonds.